The summed E-state index contributed by atoms with van der Waals surface area (Å²) in [7, 11) is 4.16. The SMILES string of the molecule is CN(C)C1CC(OC(=O)C(O)(c2cccs2)c2cccs2)CC2C1C1O[C@H]21. The molecule has 3 fully saturated rings. The van der Waals surface area contributed by atoms with Gasteiger partial charge in [0, 0.05) is 18.4 Å². The number of esters is 1. The van der Waals surface area contributed by atoms with Crippen molar-refractivity contribution in [2.75, 3.05) is 14.1 Å². The number of aliphatic hydroxyl groups is 1. The Balaban J connectivity index is 1.38. The number of carbonyl (C=O) groups is 1. The molecule has 0 spiro atoms. The third-order valence-electron chi connectivity index (χ3n) is 6.33. The summed E-state index contributed by atoms with van der Waals surface area (Å²) in [5.41, 5.74) is -1.73. The van der Waals surface area contributed by atoms with E-state index in [1.54, 1.807) is 12.1 Å². The normalized spacial score (nSPS) is 34.5. The molecule has 0 amide bonds. The molecule has 144 valence electrons. The van der Waals surface area contributed by atoms with Crippen molar-refractivity contribution in [3.8, 4) is 0 Å². The van der Waals surface area contributed by atoms with Crippen LogP contribution >= 0.6 is 22.7 Å². The predicted octanol–water partition coefficient (Wildman–Crippen LogP) is 2.69. The molecule has 1 N–H and O–H groups in total. The van der Waals surface area contributed by atoms with Crippen LogP contribution in [0.2, 0.25) is 0 Å². The molecule has 0 bridgehead atoms. The molecule has 1 saturated heterocycles. The number of carbonyl (C=O) groups excluding carboxylic acids is 1. The van der Waals surface area contributed by atoms with Crippen molar-refractivity contribution in [2.45, 2.75) is 42.8 Å². The van der Waals surface area contributed by atoms with Gasteiger partial charge < -0.3 is 19.5 Å². The van der Waals surface area contributed by atoms with Gasteiger partial charge in [0.25, 0.3) is 0 Å². The van der Waals surface area contributed by atoms with Gasteiger partial charge in [-0.05, 0) is 49.3 Å². The van der Waals surface area contributed by atoms with E-state index in [9.17, 15) is 9.90 Å². The van der Waals surface area contributed by atoms with Crippen molar-refractivity contribution in [3.05, 3.63) is 44.8 Å². The molecule has 0 radical (unpaired) electrons. The van der Waals surface area contributed by atoms with Gasteiger partial charge in [-0.15, -0.1) is 22.7 Å². The first-order chi connectivity index (χ1) is 13.0. The number of thiophene rings is 2. The fraction of sp³-hybridized carbons (Fsp3) is 0.550. The molecule has 3 heterocycles. The monoisotopic (exact) mass is 405 g/mol. The second kappa shape index (κ2) is 6.39. The van der Waals surface area contributed by atoms with Crippen molar-refractivity contribution < 1.29 is 19.4 Å². The van der Waals surface area contributed by atoms with Crippen LogP contribution in [0.25, 0.3) is 0 Å². The van der Waals surface area contributed by atoms with Crippen LogP contribution in [0.5, 0.6) is 0 Å². The summed E-state index contributed by atoms with van der Waals surface area (Å²) in [5.74, 6) is 0.444. The van der Waals surface area contributed by atoms with Gasteiger partial charge in [0.05, 0.1) is 22.0 Å². The highest BCUT2D eigenvalue weighted by molar-refractivity contribution is 7.12. The number of ether oxygens (including phenoxy) is 2. The van der Waals surface area contributed by atoms with E-state index >= 15 is 0 Å². The van der Waals surface area contributed by atoms with Gasteiger partial charge in [-0.1, -0.05) is 12.1 Å². The maximum Gasteiger partial charge on any atom is 0.349 e. The molecule has 3 aliphatic rings. The Hall–Kier alpha value is -1.25. The summed E-state index contributed by atoms with van der Waals surface area (Å²) in [4.78, 5) is 16.6. The van der Waals surface area contributed by atoms with Crippen LogP contribution in [0, 0.1) is 11.8 Å². The quantitative estimate of drug-likeness (QED) is 0.612. The van der Waals surface area contributed by atoms with Gasteiger partial charge in [-0.2, -0.15) is 0 Å². The molecule has 2 aliphatic carbocycles. The van der Waals surface area contributed by atoms with Crippen LogP contribution in [0.4, 0.5) is 0 Å². The molecule has 7 heteroatoms. The fourth-order valence-corrected chi connectivity index (χ4v) is 6.62. The summed E-state index contributed by atoms with van der Waals surface area (Å²) in [6.45, 7) is 0. The van der Waals surface area contributed by atoms with Gasteiger partial charge in [0.2, 0.25) is 5.60 Å². The van der Waals surface area contributed by atoms with E-state index < -0.39 is 11.6 Å². The molecule has 6 atom stereocenters. The topological polar surface area (TPSA) is 62.3 Å². The van der Waals surface area contributed by atoms with E-state index in [1.807, 2.05) is 22.9 Å². The Kier molecular flexibility index (Phi) is 4.22. The van der Waals surface area contributed by atoms with Gasteiger partial charge in [-0.25, -0.2) is 4.79 Å². The Morgan fingerprint density at radius 1 is 1.19 bits per heavy atom. The van der Waals surface area contributed by atoms with Crippen LogP contribution in [0.1, 0.15) is 22.6 Å². The fourth-order valence-electron chi connectivity index (χ4n) is 4.91. The number of epoxide rings is 1. The second-order valence-corrected chi connectivity index (χ2v) is 9.90. The zero-order valence-corrected chi connectivity index (χ0v) is 16.9. The highest BCUT2D eigenvalue weighted by Crippen LogP contribution is 2.59. The van der Waals surface area contributed by atoms with Crippen LogP contribution in [-0.4, -0.2) is 54.4 Å². The largest absolute Gasteiger partial charge is 0.460 e. The maximum atomic E-state index is 13.2. The van der Waals surface area contributed by atoms with Gasteiger partial charge in [0.15, 0.2) is 0 Å². The minimum Gasteiger partial charge on any atom is -0.460 e. The lowest BCUT2D eigenvalue weighted by atomic mass is 9.62. The number of hydrogen-bond donors (Lipinski definition) is 1. The second-order valence-electron chi connectivity index (χ2n) is 8.00. The summed E-state index contributed by atoms with van der Waals surface area (Å²) >= 11 is 2.74. The highest BCUT2D eigenvalue weighted by Gasteiger charge is 2.68. The van der Waals surface area contributed by atoms with E-state index in [-0.39, 0.29) is 6.10 Å². The molecular weight excluding hydrogens is 382 g/mol. The first-order valence-electron chi connectivity index (χ1n) is 9.33. The molecule has 27 heavy (non-hydrogen) atoms. The van der Waals surface area contributed by atoms with E-state index in [2.05, 4.69) is 19.0 Å². The third kappa shape index (κ3) is 2.71. The summed E-state index contributed by atoms with van der Waals surface area (Å²) in [6.07, 6.45) is 2.19. The first kappa shape index (κ1) is 17.8. The van der Waals surface area contributed by atoms with E-state index in [1.165, 1.54) is 22.7 Å². The number of fused-ring (bicyclic) bond motifs is 4. The molecule has 0 aromatic carbocycles. The van der Waals surface area contributed by atoms with Gasteiger partial charge in [0.1, 0.15) is 6.10 Å². The molecule has 1 aliphatic heterocycles. The van der Waals surface area contributed by atoms with Crippen molar-refractivity contribution in [3.63, 3.8) is 0 Å². The number of rotatable bonds is 5. The van der Waals surface area contributed by atoms with E-state index in [0.29, 0.717) is 39.8 Å². The molecule has 5 unspecified atom stereocenters. The zero-order chi connectivity index (χ0) is 18.8. The standard InChI is InChI=1S/C20H23NO4S2/c1-21(2)13-10-11(9-12-16(13)18-17(12)25-18)24-19(22)20(23,14-5-3-7-26-14)15-6-4-8-27-15/h3-8,11-13,16-18,23H,9-10H2,1-2H3/t11?,12?,13?,16?,17-,18?/m1/s1. The van der Waals surface area contributed by atoms with Crippen LogP contribution in [0.3, 0.4) is 0 Å². The smallest absolute Gasteiger partial charge is 0.349 e. The van der Waals surface area contributed by atoms with Crippen molar-refractivity contribution in [1.82, 2.24) is 4.90 Å². The Bertz CT molecular complexity index is 785. The van der Waals surface area contributed by atoms with Crippen LogP contribution < -0.4 is 0 Å². The Labute approximate surface area is 166 Å². The molecule has 2 saturated carbocycles. The summed E-state index contributed by atoms with van der Waals surface area (Å²) in [5, 5.41) is 15.1. The molecular formula is C20H23NO4S2. The molecule has 2 aromatic rings. The number of hydrogen-bond acceptors (Lipinski definition) is 7. The Morgan fingerprint density at radius 2 is 1.85 bits per heavy atom. The van der Waals surface area contributed by atoms with Crippen LogP contribution in [-0.2, 0) is 19.9 Å². The van der Waals surface area contributed by atoms with Crippen molar-refractivity contribution >= 4 is 28.6 Å². The summed E-state index contributed by atoms with van der Waals surface area (Å²) in [6, 6.07) is 7.62. The first-order valence-corrected chi connectivity index (χ1v) is 11.1. The van der Waals surface area contributed by atoms with E-state index in [4.69, 9.17) is 9.47 Å². The third-order valence-corrected chi connectivity index (χ3v) is 8.29. The van der Waals surface area contributed by atoms with Gasteiger partial charge >= 0.3 is 5.97 Å². The van der Waals surface area contributed by atoms with Crippen LogP contribution in [0.15, 0.2) is 35.0 Å². The highest BCUT2D eigenvalue weighted by atomic mass is 32.1. The lowest BCUT2D eigenvalue weighted by molar-refractivity contribution is -0.172. The van der Waals surface area contributed by atoms with Crippen molar-refractivity contribution in [2.24, 2.45) is 11.8 Å². The summed E-state index contributed by atoms with van der Waals surface area (Å²) < 4.78 is 11.7. The lowest BCUT2D eigenvalue weighted by Gasteiger charge is -2.47. The average molecular weight is 406 g/mol. The Morgan fingerprint density at radius 3 is 2.41 bits per heavy atom. The average Bonchev–Trinajstić information content (AvgIpc) is 3.08. The predicted molar refractivity (Wildman–Crippen MR) is 104 cm³/mol. The molecule has 5 rings (SSSR count). The minimum atomic E-state index is -1.73. The van der Waals surface area contributed by atoms with Gasteiger partial charge in [-0.3, -0.25) is 0 Å². The van der Waals surface area contributed by atoms with Crippen molar-refractivity contribution in [1.29, 1.82) is 0 Å². The van der Waals surface area contributed by atoms with E-state index in [0.717, 1.165) is 12.8 Å². The molecule has 2 aromatic heterocycles. The number of nitrogens with zero attached hydrogens (tertiary/aromatic N) is 1. The maximum absolute atomic E-state index is 13.2. The zero-order valence-electron chi connectivity index (χ0n) is 15.3. The lowest BCUT2D eigenvalue weighted by Crippen LogP contribution is -2.56. The molecule has 5 nitrogen and oxygen atoms in total. The minimum absolute atomic E-state index is 0.192.